The zero-order valence-electron chi connectivity index (χ0n) is 20.5. The molecule has 1 saturated heterocycles. The van der Waals surface area contributed by atoms with Gasteiger partial charge in [0.05, 0.1) is 12.1 Å². The zero-order chi connectivity index (χ0) is 23.5. The minimum atomic E-state index is -1.90. The van der Waals surface area contributed by atoms with Gasteiger partial charge in [0, 0.05) is 5.92 Å². The lowest BCUT2D eigenvalue weighted by molar-refractivity contribution is -0.133. The molecule has 0 aromatic heterocycles. The number of allylic oxidation sites excluding steroid dienone is 1. The van der Waals surface area contributed by atoms with E-state index in [4.69, 9.17) is 9.16 Å². The van der Waals surface area contributed by atoms with Crippen LogP contribution in [-0.4, -0.2) is 44.0 Å². The summed E-state index contributed by atoms with van der Waals surface area (Å²) in [6.45, 7) is 13.6. The summed E-state index contributed by atoms with van der Waals surface area (Å²) in [6.07, 6.45) is 5.75. The summed E-state index contributed by atoms with van der Waals surface area (Å²) >= 11 is 0. The minimum Gasteiger partial charge on any atom is -0.447 e. The van der Waals surface area contributed by atoms with Gasteiger partial charge in [0.25, 0.3) is 0 Å². The third-order valence-electron chi connectivity index (χ3n) is 7.33. The molecule has 1 aliphatic heterocycles. The number of rotatable bonds is 8. The van der Waals surface area contributed by atoms with Gasteiger partial charge in [-0.2, -0.15) is 0 Å². The number of nitrogens with zero attached hydrogens (tertiary/aromatic N) is 1. The number of hydrogen-bond donors (Lipinski definition) is 0. The Morgan fingerprint density at radius 2 is 1.94 bits per heavy atom. The van der Waals surface area contributed by atoms with Crippen LogP contribution in [0.2, 0.25) is 18.1 Å². The van der Waals surface area contributed by atoms with Gasteiger partial charge in [-0.1, -0.05) is 64.1 Å². The van der Waals surface area contributed by atoms with E-state index in [-0.39, 0.29) is 35.6 Å². The highest BCUT2D eigenvalue weighted by Gasteiger charge is 2.43. The Hall–Kier alpha value is -1.92. The molecule has 1 aliphatic carbocycles. The molecule has 2 aliphatic rings. The normalized spacial score (nSPS) is 22.6. The summed E-state index contributed by atoms with van der Waals surface area (Å²) in [7, 11) is -1.90. The van der Waals surface area contributed by atoms with Gasteiger partial charge in [-0.15, -0.1) is 0 Å². The fourth-order valence-corrected chi connectivity index (χ4v) is 5.61. The standard InChI is InChI=1S/C26H39NO4Si/c1-7-20(17-21-14-11-15-23(21)31-32(5,6)26(2,3)4)24(28)27-22(18-30-25(27)29)16-19-12-9-8-10-13-19/h8-10,12-14,20,22-23H,7,11,15-18H2,1-6H3/t20-,22+,23?/m1/s1. The lowest BCUT2D eigenvalue weighted by Crippen LogP contribution is -2.45. The van der Waals surface area contributed by atoms with Gasteiger partial charge in [-0.3, -0.25) is 4.79 Å². The van der Waals surface area contributed by atoms with Crippen molar-refractivity contribution < 1.29 is 18.8 Å². The smallest absolute Gasteiger partial charge is 0.416 e. The molecule has 2 amide bonds. The summed E-state index contributed by atoms with van der Waals surface area (Å²) in [4.78, 5) is 27.4. The molecule has 0 spiro atoms. The molecule has 1 unspecified atom stereocenters. The van der Waals surface area contributed by atoms with Crippen LogP contribution in [0, 0.1) is 5.92 Å². The van der Waals surface area contributed by atoms with Crippen LogP contribution in [-0.2, 0) is 20.4 Å². The second-order valence-electron chi connectivity index (χ2n) is 10.7. The second kappa shape index (κ2) is 9.92. The molecule has 1 fully saturated rings. The van der Waals surface area contributed by atoms with Crippen LogP contribution in [0.15, 0.2) is 42.0 Å². The number of imide groups is 1. The van der Waals surface area contributed by atoms with E-state index in [1.807, 2.05) is 37.3 Å². The molecule has 5 nitrogen and oxygen atoms in total. The molecule has 32 heavy (non-hydrogen) atoms. The van der Waals surface area contributed by atoms with E-state index >= 15 is 0 Å². The van der Waals surface area contributed by atoms with Crippen LogP contribution >= 0.6 is 0 Å². The Morgan fingerprint density at radius 3 is 2.56 bits per heavy atom. The van der Waals surface area contributed by atoms with Crippen molar-refractivity contribution in [2.24, 2.45) is 5.92 Å². The third kappa shape index (κ3) is 5.52. The van der Waals surface area contributed by atoms with Gasteiger partial charge in [0.15, 0.2) is 8.32 Å². The van der Waals surface area contributed by atoms with E-state index in [0.717, 1.165) is 18.4 Å². The van der Waals surface area contributed by atoms with Gasteiger partial charge in [-0.05, 0) is 61.4 Å². The Kier molecular flexibility index (Phi) is 7.66. The van der Waals surface area contributed by atoms with E-state index < -0.39 is 14.4 Å². The van der Waals surface area contributed by atoms with Gasteiger partial charge in [0.2, 0.25) is 5.91 Å². The Balaban J connectivity index is 1.70. The molecular formula is C26H39NO4Si. The monoisotopic (exact) mass is 457 g/mol. The lowest BCUT2D eigenvalue weighted by atomic mass is 9.93. The number of ether oxygens (including phenoxy) is 1. The summed E-state index contributed by atoms with van der Waals surface area (Å²) in [6, 6.07) is 9.71. The largest absolute Gasteiger partial charge is 0.447 e. The van der Waals surface area contributed by atoms with Crippen molar-refractivity contribution >= 4 is 20.3 Å². The van der Waals surface area contributed by atoms with Crippen molar-refractivity contribution in [2.45, 2.75) is 90.1 Å². The molecule has 3 atom stereocenters. The summed E-state index contributed by atoms with van der Waals surface area (Å²) in [5.74, 6) is -0.358. The average Bonchev–Trinajstić information content (AvgIpc) is 3.31. The van der Waals surface area contributed by atoms with Crippen molar-refractivity contribution in [3.8, 4) is 0 Å². The van der Waals surface area contributed by atoms with Gasteiger partial charge >= 0.3 is 6.09 Å². The van der Waals surface area contributed by atoms with Crippen LogP contribution < -0.4 is 0 Å². The van der Waals surface area contributed by atoms with Crippen LogP contribution in [0.25, 0.3) is 0 Å². The molecule has 0 bridgehead atoms. The van der Waals surface area contributed by atoms with Crippen LogP contribution in [0.1, 0.15) is 58.9 Å². The zero-order valence-corrected chi connectivity index (χ0v) is 21.5. The fourth-order valence-electron chi connectivity index (χ4n) is 4.27. The second-order valence-corrected chi connectivity index (χ2v) is 15.4. The first kappa shape index (κ1) is 24.7. The molecule has 3 rings (SSSR count). The molecule has 1 heterocycles. The quantitative estimate of drug-likeness (QED) is 0.349. The molecule has 1 aromatic rings. The first-order valence-electron chi connectivity index (χ1n) is 11.9. The van der Waals surface area contributed by atoms with E-state index in [1.54, 1.807) is 0 Å². The SMILES string of the molecule is CC[C@H](CC1=CCCC1O[Si](C)(C)C(C)(C)C)C(=O)N1C(=O)OC[C@@H]1Cc1ccccc1. The molecule has 0 saturated carbocycles. The molecule has 0 N–H and O–H groups in total. The van der Waals surface area contributed by atoms with Crippen molar-refractivity contribution in [2.75, 3.05) is 6.61 Å². The number of carbonyl (C=O) groups is 2. The van der Waals surface area contributed by atoms with E-state index in [9.17, 15) is 9.59 Å². The van der Waals surface area contributed by atoms with Crippen molar-refractivity contribution in [3.05, 3.63) is 47.5 Å². The minimum absolute atomic E-state index is 0.0865. The lowest BCUT2D eigenvalue weighted by Gasteiger charge is -2.39. The summed E-state index contributed by atoms with van der Waals surface area (Å²) < 4.78 is 12.0. The maximum atomic E-state index is 13.5. The highest BCUT2D eigenvalue weighted by Crippen LogP contribution is 2.41. The Labute approximate surface area is 194 Å². The van der Waals surface area contributed by atoms with E-state index in [2.05, 4.69) is 39.9 Å². The first-order chi connectivity index (χ1) is 15.0. The third-order valence-corrected chi connectivity index (χ3v) is 11.8. The maximum Gasteiger partial charge on any atom is 0.416 e. The summed E-state index contributed by atoms with van der Waals surface area (Å²) in [5, 5.41) is 0.143. The number of amides is 2. The molecule has 6 heteroatoms. The first-order valence-corrected chi connectivity index (χ1v) is 14.8. The Morgan fingerprint density at radius 1 is 1.25 bits per heavy atom. The average molecular weight is 458 g/mol. The van der Waals surface area contributed by atoms with Gasteiger partial charge < -0.3 is 9.16 Å². The van der Waals surface area contributed by atoms with Crippen molar-refractivity contribution in [1.82, 2.24) is 4.90 Å². The van der Waals surface area contributed by atoms with Crippen LogP contribution in [0.3, 0.4) is 0 Å². The predicted octanol–water partition coefficient (Wildman–Crippen LogP) is 6.10. The predicted molar refractivity (Wildman–Crippen MR) is 130 cm³/mol. The van der Waals surface area contributed by atoms with E-state index in [1.165, 1.54) is 10.5 Å². The number of cyclic esters (lactones) is 1. The number of hydrogen-bond acceptors (Lipinski definition) is 4. The maximum absolute atomic E-state index is 13.5. The number of benzene rings is 1. The summed E-state index contributed by atoms with van der Waals surface area (Å²) in [5.41, 5.74) is 2.32. The Bertz CT molecular complexity index is 843. The molecule has 176 valence electrons. The van der Waals surface area contributed by atoms with Gasteiger partial charge in [0.1, 0.15) is 6.61 Å². The van der Waals surface area contributed by atoms with Crippen LogP contribution in [0.4, 0.5) is 4.79 Å². The van der Waals surface area contributed by atoms with Crippen molar-refractivity contribution in [1.29, 1.82) is 0 Å². The molecule has 1 aromatic carbocycles. The topological polar surface area (TPSA) is 55.8 Å². The highest BCUT2D eigenvalue weighted by molar-refractivity contribution is 6.74. The van der Waals surface area contributed by atoms with Crippen molar-refractivity contribution in [3.63, 3.8) is 0 Å². The molecular weight excluding hydrogens is 418 g/mol. The fraction of sp³-hybridized carbons (Fsp3) is 0.615. The van der Waals surface area contributed by atoms with E-state index in [0.29, 0.717) is 19.3 Å². The highest BCUT2D eigenvalue weighted by atomic mass is 28.4. The van der Waals surface area contributed by atoms with Crippen LogP contribution in [0.5, 0.6) is 0 Å². The van der Waals surface area contributed by atoms with Gasteiger partial charge in [-0.25, -0.2) is 9.69 Å². The molecule has 0 radical (unpaired) electrons. The number of carbonyl (C=O) groups excluding carboxylic acids is 2.